The minimum Gasteiger partial charge on any atom is -0.396 e. The normalized spacial score (nSPS) is 10.8. The van der Waals surface area contributed by atoms with E-state index in [0.29, 0.717) is 16.4 Å². The topological polar surface area (TPSA) is 43.8 Å². The SMILES string of the molecule is Nc1cn(-c2cccc(Cl)c2)nc1-c1ccc(F)cc1F. The van der Waals surface area contributed by atoms with E-state index in [0.717, 1.165) is 12.1 Å². The van der Waals surface area contributed by atoms with Crippen molar-refractivity contribution >= 4 is 17.3 Å². The third-order valence-corrected chi connectivity index (χ3v) is 3.24. The quantitative estimate of drug-likeness (QED) is 0.776. The molecule has 0 fully saturated rings. The highest BCUT2D eigenvalue weighted by atomic mass is 35.5. The first kappa shape index (κ1) is 13.6. The molecule has 2 aromatic carbocycles. The van der Waals surface area contributed by atoms with Gasteiger partial charge in [0.1, 0.15) is 17.3 Å². The zero-order valence-corrected chi connectivity index (χ0v) is 11.5. The van der Waals surface area contributed by atoms with Gasteiger partial charge in [-0.2, -0.15) is 5.10 Å². The van der Waals surface area contributed by atoms with Crippen LogP contribution in [0.2, 0.25) is 5.02 Å². The van der Waals surface area contributed by atoms with Gasteiger partial charge in [0, 0.05) is 16.7 Å². The van der Waals surface area contributed by atoms with Crippen LogP contribution >= 0.6 is 11.6 Å². The number of halogens is 3. The van der Waals surface area contributed by atoms with E-state index in [1.54, 1.807) is 30.5 Å². The number of hydrogen-bond acceptors (Lipinski definition) is 2. The molecule has 1 aromatic heterocycles. The van der Waals surface area contributed by atoms with Gasteiger partial charge in [0.25, 0.3) is 0 Å². The third kappa shape index (κ3) is 2.60. The van der Waals surface area contributed by atoms with Crippen molar-refractivity contribution in [1.82, 2.24) is 9.78 Å². The summed E-state index contributed by atoms with van der Waals surface area (Å²) in [5, 5.41) is 4.80. The second kappa shape index (κ2) is 5.18. The molecule has 0 unspecified atom stereocenters. The average Bonchev–Trinajstić information content (AvgIpc) is 2.81. The lowest BCUT2D eigenvalue weighted by molar-refractivity contribution is 0.585. The van der Waals surface area contributed by atoms with Crippen LogP contribution in [-0.4, -0.2) is 9.78 Å². The molecule has 2 N–H and O–H groups in total. The summed E-state index contributed by atoms with van der Waals surface area (Å²) in [5.74, 6) is -1.36. The van der Waals surface area contributed by atoms with E-state index in [-0.39, 0.29) is 11.3 Å². The smallest absolute Gasteiger partial charge is 0.135 e. The Balaban J connectivity index is 2.10. The summed E-state index contributed by atoms with van der Waals surface area (Å²) in [7, 11) is 0. The third-order valence-electron chi connectivity index (χ3n) is 3.00. The second-order valence-electron chi connectivity index (χ2n) is 4.48. The van der Waals surface area contributed by atoms with E-state index < -0.39 is 11.6 Å². The number of hydrogen-bond donors (Lipinski definition) is 1. The van der Waals surface area contributed by atoms with Gasteiger partial charge in [-0.25, -0.2) is 13.5 Å². The van der Waals surface area contributed by atoms with Crippen LogP contribution in [0.4, 0.5) is 14.5 Å². The molecular weight excluding hydrogens is 296 g/mol. The van der Waals surface area contributed by atoms with Gasteiger partial charge in [-0.3, -0.25) is 0 Å². The number of nitrogens with two attached hydrogens (primary N) is 1. The molecule has 0 aliphatic heterocycles. The number of nitrogens with zero attached hydrogens (tertiary/aromatic N) is 2. The number of rotatable bonds is 2. The van der Waals surface area contributed by atoms with Gasteiger partial charge in [-0.05, 0) is 30.3 Å². The second-order valence-corrected chi connectivity index (χ2v) is 4.92. The van der Waals surface area contributed by atoms with Crippen molar-refractivity contribution in [2.24, 2.45) is 0 Å². The summed E-state index contributed by atoms with van der Waals surface area (Å²) >= 11 is 5.93. The first-order valence-corrected chi connectivity index (χ1v) is 6.49. The molecule has 0 aliphatic carbocycles. The van der Waals surface area contributed by atoms with Crippen LogP contribution in [0.3, 0.4) is 0 Å². The van der Waals surface area contributed by atoms with E-state index in [1.165, 1.54) is 10.7 Å². The highest BCUT2D eigenvalue weighted by Gasteiger charge is 2.14. The van der Waals surface area contributed by atoms with Gasteiger partial charge < -0.3 is 5.73 Å². The molecule has 0 atom stereocenters. The summed E-state index contributed by atoms with van der Waals surface area (Å²) in [6.07, 6.45) is 1.56. The molecular formula is C15H10ClF2N3. The minimum absolute atomic E-state index is 0.148. The fourth-order valence-electron chi connectivity index (χ4n) is 2.03. The van der Waals surface area contributed by atoms with Gasteiger partial charge in [-0.15, -0.1) is 0 Å². The molecule has 0 saturated heterocycles. The molecule has 0 radical (unpaired) electrons. The van der Waals surface area contributed by atoms with E-state index in [2.05, 4.69) is 5.10 Å². The van der Waals surface area contributed by atoms with Crippen molar-refractivity contribution in [1.29, 1.82) is 0 Å². The molecule has 1 heterocycles. The summed E-state index contributed by atoms with van der Waals surface area (Å²) < 4.78 is 28.3. The standard InChI is InChI=1S/C15H10ClF2N3/c16-9-2-1-3-11(6-9)21-8-14(19)15(20-21)12-5-4-10(17)7-13(12)18/h1-8H,19H2. The lowest BCUT2D eigenvalue weighted by Gasteiger charge is -2.02. The molecule has 3 aromatic rings. The first-order chi connectivity index (χ1) is 10.0. The Morgan fingerprint density at radius 2 is 1.90 bits per heavy atom. The number of anilines is 1. The molecule has 21 heavy (non-hydrogen) atoms. The van der Waals surface area contributed by atoms with Crippen LogP contribution in [0.25, 0.3) is 16.9 Å². The van der Waals surface area contributed by atoms with Crippen molar-refractivity contribution in [3.05, 3.63) is 65.3 Å². The summed E-state index contributed by atoms with van der Waals surface area (Å²) in [5.41, 5.74) is 7.27. The molecule has 0 bridgehead atoms. The summed E-state index contributed by atoms with van der Waals surface area (Å²) in [6.45, 7) is 0. The van der Waals surface area contributed by atoms with E-state index in [4.69, 9.17) is 17.3 Å². The predicted octanol–water partition coefficient (Wildman–Crippen LogP) is 4.05. The Morgan fingerprint density at radius 1 is 1.10 bits per heavy atom. The molecule has 0 amide bonds. The average molecular weight is 306 g/mol. The lowest BCUT2D eigenvalue weighted by Crippen LogP contribution is -1.95. The maximum atomic E-state index is 13.8. The Labute approximate surface area is 124 Å². The van der Waals surface area contributed by atoms with Crippen molar-refractivity contribution in [3.8, 4) is 16.9 Å². The van der Waals surface area contributed by atoms with Gasteiger partial charge in [0.2, 0.25) is 0 Å². The molecule has 0 saturated carbocycles. The van der Waals surface area contributed by atoms with Crippen molar-refractivity contribution in [2.45, 2.75) is 0 Å². The van der Waals surface area contributed by atoms with Crippen molar-refractivity contribution in [2.75, 3.05) is 5.73 Å². The minimum atomic E-state index is -0.710. The Hall–Kier alpha value is -2.40. The summed E-state index contributed by atoms with van der Waals surface area (Å²) in [6, 6.07) is 10.3. The number of benzene rings is 2. The Morgan fingerprint density at radius 3 is 2.62 bits per heavy atom. The van der Waals surface area contributed by atoms with E-state index in [1.807, 2.05) is 0 Å². The fraction of sp³-hybridized carbons (Fsp3) is 0. The monoisotopic (exact) mass is 305 g/mol. The number of aromatic nitrogens is 2. The first-order valence-electron chi connectivity index (χ1n) is 6.11. The Bertz CT molecular complexity index is 814. The lowest BCUT2D eigenvalue weighted by atomic mass is 10.1. The summed E-state index contributed by atoms with van der Waals surface area (Å²) in [4.78, 5) is 0. The van der Waals surface area contributed by atoms with Gasteiger partial charge >= 0.3 is 0 Å². The van der Waals surface area contributed by atoms with Crippen LogP contribution in [-0.2, 0) is 0 Å². The van der Waals surface area contributed by atoms with Gasteiger partial charge in [0.05, 0.1) is 17.6 Å². The largest absolute Gasteiger partial charge is 0.396 e. The molecule has 0 spiro atoms. The van der Waals surface area contributed by atoms with Crippen LogP contribution in [0, 0.1) is 11.6 Å². The Kier molecular flexibility index (Phi) is 3.35. The van der Waals surface area contributed by atoms with Crippen LogP contribution < -0.4 is 5.73 Å². The fourth-order valence-corrected chi connectivity index (χ4v) is 2.21. The van der Waals surface area contributed by atoms with Crippen LogP contribution in [0.1, 0.15) is 0 Å². The molecule has 6 heteroatoms. The van der Waals surface area contributed by atoms with Crippen LogP contribution in [0.5, 0.6) is 0 Å². The zero-order valence-electron chi connectivity index (χ0n) is 10.7. The van der Waals surface area contributed by atoms with Crippen molar-refractivity contribution < 1.29 is 8.78 Å². The molecule has 3 rings (SSSR count). The maximum Gasteiger partial charge on any atom is 0.135 e. The van der Waals surface area contributed by atoms with E-state index >= 15 is 0 Å². The van der Waals surface area contributed by atoms with Crippen LogP contribution in [0.15, 0.2) is 48.7 Å². The highest BCUT2D eigenvalue weighted by Crippen LogP contribution is 2.28. The maximum absolute atomic E-state index is 13.8. The molecule has 106 valence electrons. The van der Waals surface area contributed by atoms with Crippen molar-refractivity contribution in [3.63, 3.8) is 0 Å². The number of nitrogen functional groups attached to an aromatic ring is 1. The zero-order chi connectivity index (χ0) is 15.0. The van der Waals surface area contributed by atoms with Gasteiger partial charge in [-0.1, -0.05) is 17.7 Å². The molecule has 0 aliphatic rings. The van der Waals surface area contributed by atoms with Gasteiger partial charge in [0.15, 0.2) is 0 Å². The van der Waals surface area contributed by atoms with E-state index in [9.17, 15) is 8.78 Å². The highest BCUT2D eigenvalue weighted by molar-refractivity contribution is 6.30. The predicted molar refractivity (Wildman–Crippen MR) is 78.3 cm³/mol. The molecule has 3 nitrogen and oxygen atoms in total.